The van der Waals surface area contributed by atoms with Crippen molar-refractivity contribution in [2.24, 2.45) is 5.92 Å². The van der Waals surface area contributed by atoms with Gasteiger partial charge in [0.2, 0.25) is 0 Å². The van der Waals surface area contributed by atoms with Crippen molar-refractivity contribution in [3.05, 3.63) is 35.4 Å². The normalized spacial score (nSPS) is 27.1. The summed E-state index contributed by atoms with van der Waals surface area (Å²) in [6.45, 7) is 7.07. The molecule has 1 heterocycles. The molecule has 2 nitrogen and oxygen atoms in total. The molecule has 0 radical (unpaired) electrons. The van der Waals surface area contributed by atoms with Gasteiger partial charge >= 0.3 is 0 Å². The maximum absolute atomic E-state index is 3.73. The average Bonchev–Trinajstić information content (AvgIpc) is 2.71. The number of hydrogen-bond donors (Lipinski definition) is 1. The predicted octanol–water partition coefficient (Wildman–Crippen LogP) is 3.60. The molecule has 0 spiro atoms. The summed E-state index contributed by atoms with van der Waals surface area (Å²) in [6, 6.07) is 9.79. The SMILES string of the molecule is CCNC1CCCCC1CN1CCCc2ccccc2C1. The van der Waals surface area contributed by atoms with Crippen LogP contribution in [0.2, 0.25) is 0 Å². The first-order chi connectivity index (χ1) is 10.4. The van der Waals surface area contributed by atoms with E-state index in [4.69, 9.17) is 0 Å². The van der Waals surface area contributed by atoms with Gasteiger partial charge in [-0.05, 0) is 55.8 Å². The van der Waals surface area contributed by atoms with Crippen LogP contribution in [0, 0.1) is 5.92 Å². The lowest BCUT2D eigenvalue weighted by Crippen LogP contribution is -2.44. The summed E-state index contributed by atoms with van der Waals surface area (Å²) >= 11 is 0. The lowest BCUT2D eigenvalue weighted by atomic mass is 9.84. The third kappa shape index (κ3) is 3.87. The number of hydrogen-bond acceptors (Lipinski definition) is 2. The van der Waals surface area contributed by atoms with E-state index in [0.29, 0.717) is 0 Å². The smallest absolute Gasteiger partial charge is 0.0236 e. The highest BCUT2D eigenvalue weighted by Crippen LogP contribution is 2.27. The van der Waals surface area contributed by atoms with Gasteiger partial charge in [-0.3, -0.25) is 4.90 Å². The topological polar surface area (TPSA) is 15.3 Å². The average molecular weight is 286 g/mol. The van der Waals surface area contributed by atoms with Crippen molar-refractivity contribution in [1.82, 2.24) is 10.2 Å². The molecule has 1 aromatic rings. The van der Waals surface area contributed by atoms with Crippen molar-refractivity contribution in [2.45, 2.75) is 58.0 Å². The fourth-order valence-electron chi connectivity index (χ4n) is 4.21. The zero-order chi connectivity index (χ0) is 14.5. The van der Waals surface area contributed by atoms with Gasteiger partial charge in [-0.25, -0.2) is 0 Å². The van der Waals surface area contributed by atoms with Crippen LogP contribution in [-0.2, 0) is 13.0 Å². The van der Waals surface area contributed by atoms with Crippen LogP contribution >= 0.6 is 0 Å². The summed E-state index contributed by atoms with van der Waals surface area (Å²) in [7, 11) is 0. The molecule has 0 bridgehead atoms. The Morgan fingerprint density at radius 2 is 1.90 bits per heavy atom. The quantitative estimate of drug-likeness (QED) is 0.909. The van der Waals surface area contributed by atoms with Gasteiger partial charge in [0.15, 0.2) is 0 Å². The maximum atomic E-state index is 3.73. The Labute approximate surface area is 129 Å². The van der Waals surface area contributed by atoms with Crippen LogP contribution in [0.1, 0.15) is 50.2 Å². The summed E-state index contributed by atoms with van der Waals surface area (Å²) in [5.74, 6) is 0.851. The molecular weight excluding hydrogens is 256 g/mol. The zero-order valence-electron chi connectivity index (χ0n) is 13.5. The van der Waals surface area contributed by atoms with Crippen molar-refractivity contribution in [2.75, 3.05) is 19.6 Å². The predicted molar refractivity (Wildman–Crippen MR) is 89.5 cm³/mol. The van der Waals surface area contributed by atoms with E-state index >= 15 is 0 Å². The van der Waals surface area contributed by atoms with Crippen LogP contribution in [0.5, 0.6) is 0 Å². The number of benzene rings is 1. The van der Waals surface area contributed by atoms with Gasteiger partial charge in [0.05, 0.1) is 0 Å². The lowest BCUT2D eigenvalue weighted by molar-refractivity contribution is 0.164. The summed E-state index contributed by atoms with van der Waals surface area (Å²) in [5, 5.41) is 3.73. The van der Waals surface area contributed by atoms with Crippen LogP contribution < -0.4 is 5.32 Å². The monoisotopic (exact) mass is 286 g/mol. The van der Waals surface area contributed by atoms with Gasteiger partial charge in [0, 0.05) is 19.1 Å². The molecule has 0 saturated heterocycles. The second-order valence-electron chi connectivity index (χ2n) is 6.82. The fraction of sp³-hybridized carbons (Fsp3) is 0.684. The van der Waals surface area contributed by atoms with Gasteiger partial charge in [-0.15, -0.1) is 0 Å². The Kier molecular flexibility index (Phi) is 5.32. The summed E-state index contributed by atoms with van der Waals surface area (Å²) < 4.78 is 0. The Morgan fingerprint density at radius 3 is 2.76 bits per heavy atom. The van der Waals surface area contributed by atoms with E-state index < -0.39 is 0 Å². The van der Waals surface area contributed by atoms with Crippen molar-refractivity contribution in [1.29, 1.82) is 0 Å². The number of fused-ring (bicyclic) bond motifs is 1. The zero-order valence-corrected chi connectivity index (χ0v) is 13.5. The first-order valence-corrected chi connectivity index (χ1v) is 8.89. The molecular formula is C19H30N2. The summed E-state index contributed by atoms with van der Waals surface area (Å²) in [4.78, 5) is 2.71. The van der Waals surface area contributed by atoms with Gasteiger partial charge in [-0.1, -0.05) is 44.0 Å². The highest BCUT2D eigenvalue weighted by molar-refractivity contribution is 5.28. The molecule has 1 N–H and O–H groups in total. The lowest BCUT2D eigenvalue weighted by Gasteiger charge is -2.35. The van der Waals surface area contributed by atoms with Crippen molar-refractivity contribution in [3.8, 4) is 0 Å². The molecule has 2 unspecified atom stereocenters. The molecule has 1 aromatic carbocycles. The molecule has 2 atom stereocenters. The van der Waals surface area contributed by atoms with Gasteiger partial charge in [0.25, 0.3) is 0 Å². The molecule has 3 rings (SSSR count). The number of nitrogens with one attached hydrogen (secondary N) is 1. The fourth-order valence-corrected chi connectivity index (χ4v) is 4.21. The molecule has 116 valence electrons. The standard InChI is InChI=1S/C19H30N2/c1-2-20-19-12-6-5-10-18(19)15-21-13-7-11-16-8-3-4-9-17(16)14-21/h3-4,8-9,18-20H,2,5-7,10-15H2,1H3. The van der Waals surface area contributed by atoms with E-state index in [0.717, 1.165) is 25.0 Å². The van der Waals surface area contributed by atoms with Crippen molar-refractivity contribution < 1.29 is 0 Å². The molecule has 1 fully saturated rings. The second kappa shape index (κ2) is 7.42. The molecule has 2 aliphatic rings. The number of nitrogens with zero attached hydrogens (tertiary/aromatic N) is 1. The molecule has 0 aromatic heterocycles. The van der Waals surface area contributed by atoms with Gasteiger partial charge < -0.3 is 5.32 Å². The second-order valence-corrected chi connectivity index (χ2v) is 6.82. The number of aryl methyl sites for hydroxylation is 1. The maximum Gasteiger partial charge on any atom is 0.0236 e. The summed E-state index contributed by atoms with van der Waals surface area (Å²) in [6.07, 6.45) is 8.20. The first kappa shape index (κ1) is 15.1. The van der Waals surface area contributed by atoms with E-state index in [1.807, 2.05) is 0 Å². The Bertz CT molecular complexity index is 441. The minimum absolute atomic E-state index is 0.752. The Morgan fingerprint density at radius 1 is 1.10 bits per heavy atom. The highest BCUT2D eigenvalue weighted by atomic mass is 15.1. The third-order valence-electron chi connectivity index (χ3n) is 5.30. The van der Waals surface area contributed by atoms with E-state index in [9.17, 15) is 0 Å². The molecule has 1 aliphatic carbocycles. The van der Waals surface area contributed by atoms with E-state index in [1.165, 1.54) is 51.6 Å². The van der Waals surface area contributed by atoms with Crippen molar-refractivity contribution in [3.63, 3.8) is 0 Å². The highest BCUT2D eigenvalue weighted by Gasteiger charge is 2.26. The third-order valence-corrected chi connectivity index (χ3v) is 5.30. The van der Waals surface area contributed by atoms with Gasteiger partial charge in [-0.2, -0.15) is 0 Å². The van der Waals surface area contributed by atoms with E-state index in [2.05, 4.69) is 41.4 Å². The number of rotatable bonds is 4. The molecule has 2 heteroatoms. The van der Waals surface area contributed by atoms with Gasteiger partial charge in [0.1, 0.15) is 0 Å². The van der Waals surface area contributed by atoms with Crippen LogP contribution in [0.15, 0.2) is 24.3 Å². The van der Waals surface area contributed by atoms with E-state index in [-0.39, 0.29) is 0 Å². The van der Waals surface area contributed by atoms with Crippen LogP contribution in [-0.4, -0.2) is 30.6 Å². The molecule has 1 saturated carbocycles. The first-order valence-electron chi connectivity index (χ1n) is 8.89. The Balaban J connectivity index is 1.64. The molecule has 1 aliphatic heterocycles. The largest absolute Gasteiger partial charge is 0.314 e. The van der Waals surface area contributed by atoms with Crippen LogP contribution in [0.25, 0.3) is 0 Å². The van der Waals surface area contributed by atoms with E-state index in [1.54, 1.807) is 11.1 Å². The minimum atomic E-state index is 0.752. The van der Waals surface area contributed by atoms with Crippen LogP contribution in [0.4, 0.5) is 0 Å². The van der Waals surface area contributed by atoms with Crippen LogP contribution in [0.3, 0.4) is 0 Å². The summed E-state index contributed by atoms with van der Waals surface area (Å²) in [5.41, 5.74) is 3.14. The van der Waals surface area contributed by atoms with Crippen molar-refractivity contribution >= 4 is 0 Å². The Hall–Kier alpha value is -0.860. The molecule has 0 amide bonds. The molecule has 21 heavy (non-hydrogen) atoms. The minimum Gasteiger partial charge on any atom is -0.314 e.